The fourth-order valence-electron chi connectivity index (χ4n) is 6.29. The van der Waals surface area contributed by atoms with Crippen molar-refractivity contribution in [3.63, 3.8) is 0 Å². The topological polar surface area (TPSA) is 102 Å². The van der Waals surface area contributed by atoms with E-state index < -0.39 is 17.9 Å². The number of likely N-dealkylation sites (tertiary alicyclic amines) is 1. The van der Waals surface area contributed by atoms with Crippen LogP contribution in [0.15, 0.2) is 30.3 Å². The van der Waals surface area contributed by atoms with Gasteiger partial charge in [0.15, 0.2) is 23.0 Å². The average Bonchev–Trinajstić information content (AvgIpc) is 3.06. The summed E-state index contributed by atoms with van der Waals surface area (Å²) < 4.78 is 38.8. The number of amides is 1. The van der Waals surface area contributed by atoms with Gasteiger partial charge in [0, 0.05) is 12.6 Å². The molecule has 1 amide bonds. The van der Waals surface area contributed by atoms with Gasteiger partial charge in [-0.25, -0.2) is 4.79 Å². The maximum absolute atomic E-state index is 14.5. The van der Waals surface area contributed by atoms with Crippen molar-refractivity contribution in [2.24, 2.45) is 5.92 Å². The van der Waals surface area contributed by atoms with E-state index in [1.165, 1.54) is 0 Å². The first-order valence-corrected chi connectivity index (χ1v) is 15.1. The highest BCUT2D eigenvalue weighted by atomic mass is 16.6. The lowest BCUT2D eigenvalue weighted by Crippen LogP contribution is -2.51. The van der Waals surface area contributed by atoms with Crippen molar-refractivity contribution in [3.05, 3.63) is 35.9 Å². The molecule has 1 saturated carbocycles. The van der Waals surface area contributed by atoms with Crippen molar-refractivity contribution in [2.75, 3.05) is 55.3 Å². The summed E-state index contributed by atoms with van der Waals surface area (Å²) in [7, 11) is 7.83. The molecule has 0 unspecified atom stereocenters. The Morgan fingerprint density at radius 1 is 0.744 bits per heavy atom. The summed E-state index contributed by atoms with van der Waals surface area (Å²) in [6.07, 6.45) is 7.46. The summed E-state index contributed by atoms with van der Waals surface area (Å²) in [4.78, 5) is 29.6. The zero-order valence-electron chi connectivity index (χ0n) is 26.0. The predicted molar refractivity (Wildman–Crippen MR) is 161 cm³/mol. The number of methoxy groups -OCH3 is 5. The molecule has 1 saturated heterocycles. The van der Waals surface area contributed by atoms with Crippen LogP contribution in [0.2, 0.25) is 0 Å². The van der Waals surface area contributed by atoms with Gasteiger partial charge in [-0.1, -0.05) is 19.3 Å². The maximum atomic E-state index is 14.5. The Kier molecular flexibility index (Phi) is 11.6. The third-order valence-electron chi connectivity index (χ3n) is 8.44. The lowest BCUT2D eigenvalue weighted by molar-refractivity contribution is -0.158. The van der Waals surface area contributed by atoms with E-state index in [9.17, 15) is 9.59 Å². The largest absolute Gasteiger partial charge is 0.493 e. The van der Waals surface area contributed by atoms with Crippen LogP contribution in [0.4, 0.5) is 0 Å². The minimum absolute atomic E-state index is 0.0515. The van der Waals surface area contributed by atoms with Gasteiger partial charge in [0.05, 0.1) is 41.5 Å². The zero-order chi connectivity index (χ0) is 30.8. The molecule has 2 aromatic carbocycles. The van der Waals surface area contributed by atoms with Gasteiger partial charge < -0.3 is 38.1 Å². The zero-order valence-corrected chi connectivity index (χ0v) is 26.0. The van der Waals surface area contributed by atoms with Gasteiger partial charge in [-0.15, -0.1) is 0 Å². The first kappa shape index (κ1) is 32.1. The second kappa shape index (κ2) is 15.6. The highest BCUT2D eigenvalue weighted by molar-refractivity contribution is 5.89. The summed E-state index contributed by atoms with van der Waals surface area (Å²) in [5, 5.41) is 0. The maximum Gasteiger partial charge on any atom is 0.328 e. The first-order valence-electron chi connectivity index (χ1n) is 15.1. The van der Waals surface area contributed by atoms with Crippen molar-refractivity contribution in [1.29, 1.82) is 0 Å². The SMILES string of the molecule is COc1ccc(OCCOC(=O)[C@@H]2CCCCN2C(=O)[C@H](c2cc(OC)c(OC)c(OC)c2)C2CCCCC2)cc1OC. The molecule has 0 bridgehead atoms. The van der Waals surface area contributed by atoms with Gasteiger partial charge in [-0.05, 0) is 67.9 Å². The number of nitrogens with zero attached hydrogens (tertiary/aromatic N) is 1. The highest BCUT2D eigenvalue weighted by Gasteiger charge is 2.40. The Labute approximate surface area is 254 Å². The number of hydrogen-bond donors (Lipinski definition) is 0. The van der Waals surface area contributed by atoms with Crippen LogP contribution < -0.4 is 28.4 Å². The van der Waals surface area contributed by atoms with Crippen molar-refractivity contribution in [3.8, 4) is 34.5 Å². The number of ether oxygens (including phenoxy) is 7. The van der Waals surface area contributed by atoms with Crippen LogP contribution in [-0.2, 0) is 14.3 Å². The molecular formula is C33H45NO9. The van der Waals surface area contributed by atoms with Gasteiger partial charge in [-0.2, -0.15) is 0 Å². The molecule has 0 N–H and O–H groups in total. The number of benzene rings is 2. The smallest absolute Gasteiger partial charge is 0.328 e. The molecule has 2 atom stereocenters. The average molecular weight is 600 g/mol. The standard InChI is InChI=1S/C33H45NO9/c1-37-26-15-14-24(21-27(26)38-2)42-17-18-43-33(36)25-13-9-10-16-34(25)32(35)30(22-11-7-6-8-12-22)23-19-28(39-3)31(41-5)29(20-23)40-4/h14-15,19-22,25,30H,6-13,16-18H2,1-5H3/t25-,30-/m0/s1. The lowest BCUT2D eigenvalue weighted by Gasteiger charge is -2.39. The number of piperidine rings is 1. The predicted octanol–water partition coefficient (Wildman–Crippen LogP) is 5.40. The van der Waals surface area contributed by atoms with E-state index in [0.29, 0.717) is 47.5 Å². The first-order chi connectivity index (χ1) is 20.9. The molecule has 2 aliphatic rings. The van der Waals surface area contributed by atoms with Crippen molar-refractivity contribution in [2.45, 2.75) is 63.3 Å². The van der Waals surface area contributed by atoms with Crippen LogP contribution in [-0.4, -0.2) is 78.1 Å². The molecule has 0 aromatic heterocycles. The number of esters is 1. The summed E-state index contributed by atoms with van der Waals surface area (Å²) in [6, 6.07) is 8.34. The van der Waals surface area contributed by atoms with Crippen molar-refractivity contribution >= 4 is 11.9 Å². The molecule has 0 spiro atoms. The van der Waals surface area contributed by atoms with Gasteiger partial charge in [0.25, 0.3) is 0 Å². The molecular weight excluding hydrogens is 554 g/mol. The molecule has 43 heavy (non-hydrogen) atoms. The summed E-state index contributed by atoms with van der Waals surface area (Å²) in [5.41, 5.74) is 0.812. The summed E-state index contributed by atoms with van der Waals surface area (Å²) >= 11 is 0. The Balaban J connectivity index is 1.49. The molecule has 1 aliphatic heterocycles. The molecule has 10 heteroatoms. The molecule has 2 aromatic rings. The van der Waals surface area contributed by atoms with Gasteiger partial charge in [0.2, 0.25) is 11.7 Å². The molecule has 0 radical (unpaired) electrons. The molecule has 1 heterocycles. The van der Waals surface area contributed by atoms with E-state index in [4.69, 9.17) is 33.2 Å². The number of hydrogen-bond acceptors (Lipinski definition) is 9. The molecule has 236 valence electrons. The Bertz CT molecular complexity index is 1200. The van der Waals surface area contributed by atoms with Gasteiger partial charge in [-0.3, -0.25) is 4.79 Å². The minimum atomic E-state index is -0.643. The molecule has 10 nitrogen and oxygen atoms in total. The summed E-state index contributed by atoms with van der Waals surface area (Å²) in [5.74, 6) is 2.48. The highest BCUT2D eigenvalue weighted by Crippen LogP contribution is 2.45. The Hall–Kier alpha value is -3.82. The molecule has 4 rings (SSSR count). The van der Waals surface area contributed by atoms with Gasteiger partial charge >= 0.3 is 5.97 Å². The third-order valence-corrected chi connectivity index (χ3v) is 8.44. The molecule has 1 aliphatic carbocycles. The van der Waals surface area contributed by atoms with Crippen LogP contribution in [0.1, 0.15) is 62.8 Å². The van der Waals surface area contributed by atoms with E-state index in [2.05, 4.69) is 0 Å². The second-order valence-electron chi connectivity index (χ2n) is 10.9. The Morgan fingerprint density at radius 2 is 1.40 bits per heavy atom. The minimum Gasteiger partial charge on any atom is -0.493 e. The molecule has 2 fully saturated rings. The number of carbonyl (C=O) groups excluding carboxylic acids is 2. The van der Waals surface area contributed by atoms with E-state index in [-0.39, 0.29) is 25.0 Å². The van der Waals surface area contributed by atoms with Crippen LogP contribution in [0.25, 0.3) is 0 Å². The number of carbonyl (C=O) groups is 2. The quantitative estimate of drug-likeness (QED) is 0.221. The van der Waals surface area contributed by atoms with E-state index in [1.54, 1.807) is 58.6 Å². The normalized spacial score (nSPS) is 17.9. The number of rotatable bonds is 13. The fourth-order valence-corrected chi connectivity index (χ4v) is 6.29. The van der Waals surface area contributed by atoms with Gasteiger partial charge in [0.1, 0.15) is 25.0 Å². The van der Waals surface area contributed by atoms with E-state index >= 15 is 0 Å². The van der Waals surface area contributed by atoms with Crippen LogP contribution in [0.3, 0.4) is 0 Å². The van der Waals surface area contributed by atoms with Crippen LogP contribution in [0, 0.1) is 5.92 Å². The third kappa shape index (κ3) is 7.58. The lowest BCUT2D eigenvalue weighted by atomic mass is 9.75. The van der Waals surface area contributed by atoms with Crippen LogP contribution >= 0.6 is 0 Å². The Morgan fingerprint density at radius 3 is 2.02 bits per heavy atom. The van der Waals surface area contributed by atoms with E-state index in [1.807, 2.05) is 12.1 Å². The second-order valence-corrected chi connectivity index (χ2v) is 10.9. The fraction of sp³-hybridized carbons (Fsp3) is 0.576. The van der Waals surface area contributed by atoms with Crippen molar-refractivity contribution < 1.29 is 42.7 Å². The monoisotopic (exact) mass is 599 g/mol. The van der Waals surface area contributed by atoms with Crippen LogP contribution in [0.5, 0.6) is 34.5 Å². The summed E-state index contributed by atoms with van der Waals surface area (Å²) in [6.45, 7) is 0.733. The van der Waals surface area contributed by atoms with Crippen molar-refractivity contribution in [1.82, 2.24) is 4.90 Å². The van der Waals surface area contributed by atoms with E-state index in [0.717, 1.165) is 50.5 Å².